The Bertz CT molecular complexity index is 1130. The van der Waals surface area contributed by atoms with Gasteiger partial charge in [0.25, 0.3) is 11.8 Å². The largest absolute Gasteiger partial charge is 0.442 e. The van der Waals surface area contributed by atoms with Crippen LogP contribution in [0.1, 0.15) is 27.6 Å². The summed E-state index contributed by atoms with van der Waals surface area (Å²) in [6.45, 7) is 0.425. The first kappa shape index (κ1) is 23.2. The first-order valence-electron chi connectivity index (χ1n) is 8.80. The Morgan fingerprint density at radius 2 is 1.68 bits per heavy atom. The number of aliphatic hydroxyl groups is 1. The van der Waals surface area contributed by atoms with Gasteiger partial charge in [0, 0.05) is 0 Å². The fourth-order valence-corrected chi connectivity index (χ4v) is 4.44. The van der Waals surface area contributed by atoms with Crippen LogP contribution in [0.4, 0.5) is 0 Å². The number of amides is 2. The minimum absolute atomic E-state index is 0.0219. The number of sulfonamides is 1. The van der Waals surface area contributed by atoms with Gasteiger partial charge < -0.3 is 9.84 Å². The molecule has 0 aromatic heterocycles. The molecule has 0 fully saturated rings. The summed E-state index contributed by atoms with van der Waals surface area (Å²) in [5.41, 5.74) is 0.326. The summed E-state index contributed by atoms with van der Waals surface area (Å²) in [6, 6.07) is 7.88. The number of rotatable bonds is 7. The highest BCUT2D eigenvalue weighted by Gasteiger charge is 2.37. The Morgan fingerprint density at radius 1 is 1.10 bits per heavy atom. The standard InChI is InChI=1S/C19H16Cl2N2O7S/c1-10(24)16(22-31(28,29)11-6-7-14(20)15(21)8-11)19(27)30-9-23-17(25)12-4-2-3-5-13(12)18(23)26/h2-8,10,16,22,24H,9H2,1H3/t10-,16+/m1/s1. The van der Waals surface area contributed by atoms with Crippen LogP contribution in [0.25, 0.3) is 0 Å². The van der Waals surface area contributed by atoms with E-state index < -0.39 is 46.7 Å². The molecule has 0 bridgehead atoms. The van der Waals surface area contributed by atoms with Crippen LogP contribution in [-0.4, -0.2) is 55.1 Å². The average Bonchev–Trinajstić information content (AvgIpc) is 2.96. The van der Waals surface area contributed by atoms with Gasteiger partial charge in [0.05, 0.1) is 32.2 Å². The van der Waals surface area contributed by atoms with Crippen LogP contribution in [0.3, 0.4) is 0 Å². The minimum Gasteiger partial charge on any atom is -0.442 e. The summed E-state index contributed by atoms with van der Waals surface area (Å²) in [5, 5.41) is 10.0. The van der Waals surface area contributed by atoms with Crippen molar-refractivity contribution < 1.29 is 32.6 Å². The number of hydrogen-bond donors (Lipinski definition) is 2. The average molecular weight is 487 g/mol. The quantitative estimate of drug-likeness (QED) is 0.450. The van der Waals surface area contributed by atoms with Gasteiger partial charge in [-0.3, -0.25) is 14.4 Å². The van der Waals surface area contributed by atoms with Crippen molar-refractivity contribution in [3.05, 3.63) is 63.6 Å². The maximum absolute atomic E-state index is 12.6. The Morgan fingerprint density at radius 3 is 2.19 bits per heavy atom. The van der Waals surface area contributed by atoms with E-state index in [1.165, 1.54) is 31.2 Å². The molecule has 9 nitrogen and oxygen atoms in total. The molecule has 0 saturated heterocycles. The molecule has 2 aromatic carbocycles. The highest BCUT2D eigenvalue weighted by molar-refractivity contribution is 7.89. The number of carbonyl (C=O) groups is 3. The van der Waals surface area contributed by atoms with E-state index in [0.717, 1.165) is 6.07 Å². The molecule has 1 heterocycles. The smallest absolute Gasteiger partial charge is 0.328 e. The molecule has 0 aliphatic carbocycles. The molecule has 1 aliphatic rings. The Balaban J connectivity index is 1.72. The summed E-state index contributed by atoms with van der Waals surface area (Å²) in [5.74, 6) is -2.49. The molecule has 164 valence electrons. The van der Waals surface area contributed by atoms with Crippen LogP contribution in [-0.2, 0) is 19.6 Å². The minimum atomic E-state index is -4.29. The number of benzene rings is 2. The molecule has 2 amide bonds. The molecule has 0 spiro atoms. The molecule has 2 aromatic rings. The molecule has 0 radical (unpaired) electrons. The lowest BCUT2D eigenvalue weighted by Crippen LogP contribution is -2.49. The van der Waals surface area contributed by atoms with Crippen molar-refractivity contribution >= 4 is 51.0 Å². The third-order valence-electron chi connectivity index (χ3n) is 4.43. The number of aliphatic hydroxyl groups excluding tert-OH is 1. The predicted molar refractivity (Wildman–Crippen MR) is 110 cm³/mol. The van der Waals surface area contributed by atoms with E-state index in [-0.39, 0.29) is 26.1 Å². The van der Waals surface area contributed by atoms with Gasteiger partial charge in [0.1, 0.15) is 6.04 Å². The van der Waals surface area contributed by atoms with E-state index in [9.17, 15) is 27.9 Å². The van der Waals surface area contributed by atoms with Crippen molar-refractivity contribution in [1.29, 1.82) is 0 Å². The van der Waals surface area contributed by atoms with Crippen molar-refractivity contribution in [2.45, 2.75) is 24.0 Å². The molecule has 31 heavy (non-hydrogen) atoms. The summed E-state index contributed by atoms with van der Waals surface area (Å²) >= 11 is 11.6. The maximum Gasteiger partial charge on any atom is 0.328 e. The van der Waals surface area contributed by atoms with Gasteiger partial charge in [0.2, 0.25) is 10.0 Å². The SMILES string of the molecule is C[C@@H](O)[C@H](NS(=O)(=O)c1ccc(Cl)c(Cl)c1)C(=O)OCN1C(=O)c2ccccc2C1=O. The number of carbonyl (C=O) groups excluding carboxylic acids is 3. The third kappa shape index (κ3) is 4.73. The molecule has 0 saturated carbocycles. The topological polar surface area (TPSA) is 130 Å². The molecular formula is C19H16Cl2N2O7S. The lowest BCUT2D eigenvalue weighted by Gasteiger charge is -2.21. The number of esters is 1. The van der Waals surface area contributed by atoms with E-state index >= 15 is 0 Å². The summed E-state index contributed by atoms with van der Waals surface area (Å²) < 4.78 is 32.1. The molecule has 2 atom stereocenters. The van der Waals surface area contributed by atoms with E-state index in [4.69, 9.17) is 27.9 Å². The molecule has 0 unspecified atom stereocenters. The molecule has 2 N–H and O–H groups in total. The summed E-state index contributed by atoms with van der Waals surface area (Å²) in [4.78, 5) is 37.5. The van der Waals surface area contributed by atoms with Gasteiger partial charge in [-0.15, -0.1) is 0 Å². The van der Waals surface area contributed by atoms with Gasteiger partial charge in [-0.05, 0) is 37.3 Å². The van der Waals surface area contributed by atoms with Gasteiger partial charge in [0.15, 0.2) is 6.73 Å². The number of hydrogen-bond acceptors (Lipinski definition) is 7. The number of nitrogens with zero attached hydrogens (tertiary/aromatic N) is 1. The third-order valence-corrected chi connectivity index (χ3v) is 6.61. The van der Waals surface area contributed by atoms with Crippen LogP contribution in [0.15, 0.2) is 47.4 Å². The van der Waals surface area contributed by atoms with Crippen LogP contribution >= 0.6 is 23.2 Å². The molecular weight excluding hydrogens is 471 g/mol. The van der Waals surface area contributed by atoms with Crippen molar-refractivity contribution in [2.24, 2.45) is 0 Å². The predicted octanol–water partition coefficient (Wildman–Crippen LogP) is 1.82. The number of fused-ring (bicyclic) bond motifs is 1. The number of nitrogens with one attached hydrogen (secondary N) is 1. The Hall–Kier alpha value is -2.50. The van der Waals surface area contributed by atoms with Crippen molar-refractivity contribution in [1.82, 2.24) is 9.62 Å². The van der Waals surface area contributed by atoms with Crippen molar-refractivity contribution in [2.75, 3.05) is 6.73 Å². The fraction of sp³-hybridized carbons (Fsp3) is 0.211. The molecule has 3 rings (SSSR count). The van der Waals surface area contributed by atoms with Crippen LogP contribution in [0.2, 0.25) is 10.0 Å². The second-order valence-electron chi connectivity index (χ2n) is 6.59. The first-order valence-corrected chi connectivity index (χ1v) is 11.0. The van der Waals surface area contributed by atoms with E-state index in [2.05, 4.69) is 0 Å². The van der Waals surface area contributed by atoms with E-state index in [0.29, 0.717) is 4.90 Å². The van der Waals surface area contributed by atoms with Crippen molar-refractivity contribution in [3.8, 4) is 0 Å². The van der Waals surface area contributed by atoms with Gasteiger partial charge in [-0.2, -0.15) is 4.72 Å². The van der Waals surface area contributed by atoms with Gasteiger partial charge >= 0.3 is 5.97 Å². The Labute approximate surface area is 187 Å². The zero-order valence-corrected chi connectivity index (χ0v) is 18.2. The summed E-state index contributed by atoms with van der Waals surface area (Å²) in [7, 11) is -4.29. The molecule has 1 aliphatic heterocycles. The second-order valence-corrected chi connectivity index (χ2v) is 9.12. The number of imide groups is 1. The maximum atomic E-state index is 12.6. The van der Waals surface area contributed by atoms with Gasteiger partial charge in [-0.1, -0.05) is 35.3 Å². The van der Waals surface area contributed by atoms with Gasteiger partial charge in [-0.25, -0.2) is 13.3 Å². The van der Waals surface area contributed by atoms with Crippen LogP contribution < -0.4 is 4.72 Å². The van der Waals surface area contributed by atoms with Crippen molar-refractivity contribution in [3.63, 3.8) is 0 Å². The molecule has 12 heteroatoms. The Kier molecular flexibility index (Phi) is 6.68. The van der Waals surface area contributed by atoms with E-state index in [1.54, 1.807) is 12.1 Å². The monoisotopic (exact) mass is 486 g/mol. The lowest BCUT2D eigenvalue weighted by molar-refractivity contribution is -0.150. The number of ether oxygens (including phenoxy) is 1. The number of halogens is 2. The lowest BCUT2D eigenvalue weighted by atomic mass is 10.1. The van der Waals surface area contributed by atoms with Crippen LogP contribution in [0, 0.1) is 0 Å². The highest BCUT2D eigenvalue weighted by Crippen LogP contribution is 2.25. The highest BCUT2D eigenvalue weighted by atomic mass is 35.5. The zero-order chi connectivity index (χ0) is 22.9. The fourth-order valence-electron chi connectivity index (χ4n) is 2.80. The second kappa shape index (κ2) is 8.93. The van der Waals surface area contributed by atoms with E-state index in [1.807, 2.05) is 4.72 Å². The van der Waals surface area contributed by atoms with Crippen LogP contribution in [0.5, 0.6) is 0 Å². The summed E-state index contributed by atoms with van der Waals surface area (Å²) in [6.07, 6.45) is -1.49. The normalized spacial score (nSPS) is 15.5. The zero-order valence-electron chi connectivity index (χ0n) is 15.9. The first-order chi connectivity index (χ1) is 14.5.